The van der Waals surface area contributed by atoms with E-state index in [1.807, 2.05) is 36.4 Å². The number of allylic oxidation sites excluding steroid dienone is 3. The second kappa shape index (κ2) is 7.72. The third kappa shape index (κ3) is 3.72. The van der Waals surface area contributed by atoms with Crippen LogP contribution in [0.25, 0.3) is 10.9 Å². The van der Waals surface area contributed by atoms with E-state index >= 15 is 0 Å². The Hall–Kier alpha value is -2.34. The van der Waals surface area contributed by atoms with Crippen molar-refractivity contribution >= 4 is 38.7 Å². The van der Waals surface area contributed by atoms with E-state index in [1.54, 1.807) is 11.1 Å². The Bertz CT molecular complexity index is 931. The highest BCUT2D eigenvalue weighted by atomic mass is 79.9. The molecule has 140 valence electrons. The van der Waals surface area contributed by atoms with Crippen molar-refractivity contribution in [1.29, 1.82) is 0 Å². The number of fused-ring (bicyclic) bond motifs is 1. The topological polar surface area (TPSA) is 62.4 Å². The van der Waals surface area contributed by atoms with Crippen molar-refractivity contribution in [3.63, 3.8) is 0 Å². The number of carbonyl (C=O) groups excluding carboxylic acids is 2. The maximum Gasteiger partial charge on any atom is 0.410 e. The van der Waals surface area contributed by atoms with Crippen LogP contribution in [0.2, 0.25) is 0 Å². The fourth-order valence-electron chi connectivity index (χ4n) is 3.75. The highest BCUT2D eigenvalue weighted by Crippen LogP contribution is 2.28. The number of likely N-dealkylation sites (tertiary alicyclic amines) is 1. The molecule has 2 atom stereocenters. The van der Waals surface area contributed by atoms with Gasteiger partial charge in [0.05, 0.1) is 12.6 Å². The van der Waals surface area contributed by atoms with Gasteiger partial charge in [0.1, 0.15) is 0 Å². The number of hydrogen-bond acceptors (Lipinski definition) is 3. The van der Waals surface area contributed by atoms with Crippen LogP contribution in [-0.4, -0.2) is 41.0 Å². The lowest BCUT2D eigenvalue weighted by molar-refractivity contribution is 0.0730. The Labute approximate surface area is 166 Å². The SMILES string of the molecule is O=C(c1c[nH]c2ccc(Br)cc12)[C@H]1CCCN1C(=O)OCC1C=CC=CC1. The number of nitrogens with zero attached hydrogens (tertiary/aromatic N) is 1. The number of aromatic amines is 1. The molecule has 0 radical (unpaired) electrons. The monoisotopic (exact) mass is 428 g/mol. The molecule has 2 aromatic rings. The van der Waals surface area contributed by atoms with Crippen molar-refractivity contribution < 1.29 is 14.3 Å². The normalized spacial score (nSPS) is 21.7. The first-order valence-electron chi connectivity index (χ1n) is 9.21. The maximum atomic E-state index is 13.1. The quantitative estimate of drug-likeness (QED) is 0.708. The molecule has 5 nitrogen and oxygen atoms in total. The zero-order chi connectivity index (χ0) is 18.8. The average molecular weight is 429 g/mol. The van der Waals surface area contributed by atoms with Crippen LogP contribution < -0.4 is 0 Å². The van der Waals surface area contributed by atoms with Crippen LogP contribution >= 0.6 is 15.9 Å². The highest BCUT2D eigenvalue weighted by molar-refractivity contribution is 9.10. The molecule has 1 fully saturated rings. The molecule has 1 aliphatic heterocycles. The standard InChI is InChI=1S/C21H21BrN2O3/c22-15-8-9-18-16(11-15)17(12-23-18)20(25)19-7-4-10-24(19)21(26)27-13-14-5-2-1-3-6-14/h1-3,5,8-9,11-12,14,19,23H,4,6-7,10,13H2/t14?,19-/m1/s1. The zero-order valence-electron chi connectivity index (χ0n) is 14.9. The lowest BCUT2D eigenvalue weighted by atomic mass is 10.0. The van der Waals surface area contributed by atoms with E-state index in [4.69, 9.17) is 4.74 Å². The number of halogens is 1. The number of hydrogen-bond donors (Lipinski definition) is 1. The van der Waals surface area contributed by atoms with E-state index in [9.17, 15) is 9.59 Å². The number of rotatable bonds is 4. The van der Waals surface area contributed by atoms with Crippen LogP contribution in [0, 0.1) is 5.92 Å². The van der Waals surface area contributed by atoms with E-state index in [-0.39, 0.29) is 11.7 Å². The van der Waals surface area contributed by atoms with Crippen LogP contribution in [-0.2, 0) is 4.74 Å². The summed E-state index contributed by atoms with van der Waals surface area (Å²) in [4.78, 5) is 30.5. The summed E-state index contributed by atoms with van der Waals surface area (Å²) >= 11 is 3.46. The number of benzene rings is 1. The smallest absolute Gasteiger partial charge is 0.410 e. The van der Waals surface area contributed by atoms with Gasteiger partial charge in [-0.15, -0.1) is 0 Å². The summed E-state index contributed by atoms with van der Waals surface area (Å²) in [5.41, 5.74) is 1.53. The molecule has 1 aromatic carbocycles. The molecule has 0 spiro atoms. The maximum absolute atomic E-state index is 13.1. The summed E-state index contributed by atoms with van der Waals surface area (Å²) in [6, 6.07) is 5.33. The number of H-pyrrole nitrogens is 1. The molecular formula is C21H21BrN2O3. The van der Waals surface area contributed by atoms with Gasteiger partial charge in [-0.3, -0.25) is 9.69 Å². The summed E-state index contributed by atoms with van der Waals surface area (Å²) in [5, 5.41) is 0.869. The van der Waals surface area contributed by atoms with E-state index in [0.29, 0.717) is 25.1 Å². The minimum Gasteiger partial charge on any atom is -0.449 e. The first kappa shape index (κ1) is 18.0. The van der Waals surface area contributed by atoms with Crippen molar-refractivity contribution in [1.82, 2.24) is 9.88 Å². The molecule has 4 rings (SSSR count). The molecule has 1 amide bonds. The molecule has 27 heavy (non-hydrogen) atoms. The highest BCUT2D eigenvalue weighted by Gasteiger charge is 2.36. The molecule has 1 aromatic heterocycles. The van der Waals surface area contributed by atoms with Gasteiger partial charge in [0.2, 0.25) is 0 Å². The van der Waals surface area contributed by atoms with Gasteiger partial charge in [-0.2, -0.15) is 0 Å². The van der Waals surface area contributed by atoms with Crippen LogP contribution in [0.4, 0.5) is 4.79 Å². The van der Waals surface area contributed by atoms with E-state index in [2.05, 4.69) is 27.0 Å². The molecule has 0 saturated carbocycles. The van der Waals surface area contributed by atoms with E-state index in [1.165, 1.54) is 0 Å². The molecule has 0 bridgehead atoms. The van der Waals surface area contributed by atoms with Crippen molar-refractivity contribution in [3.8, 4) is 0 Å². The Morgan fingerprint density at radius 2 is 2.19 bits per heavy atom. The van der Waals surface area contributed by atoms with Crippen LogP contribution in [0.15, 0.2) is 53.2 Å². The molecular weight excluding hydrogens is 408 g/mol. The van der Waals surface area contributed by atoms with Gasteiger partial charge < -0.3 is 9.72 Å². The number of aromatic nitrogens is 1. The Kier molecular flexibility index (Phi) is 5.16. The van der Waals surface area contributed by atoms with Crippen molar-refractivity contribution in [2.24, 2.45) is 5.92 Å². The molecule has 6 heteroatoms. The summed E-state index contributed by atoms with van der Waals surface area (Å²) < 4.78 is 6.42. The number of carbonyl (C=O) groups is 2. The Morgan fingerprint density at radius 3 is 3.00 bits per heavy atom. The first-order valence-corrected chi connectivity index (χ1v) is 10.0. The molecule has 2 aliphatic rings. The van der Waals surface area contributed by atoms with Crippen molar-refractivity contribution in [2.75, 3.05) is 13.2 Å². The van der Waals surface area contributed by atoms with Crippen molar-refractivity contribution in [3.05, 3.63) is 58.7 Å². The van der Waals surface area contributed by atoms with Gasteiger partial charge in [-0.25, -0.2) is 4.79 Å². The molecule has 1 aliphatic carbocycles. The third-order valence-electron chi connectivity index (χ3n) is 5.19. The fraction of sp³-hybridized carbons (Fsp3) is 0.333. The minimum absolute atomic E-state index is 0.0331. The van der Waals surface area contributed by atoms with Gasteiger partial charge in [0.25, 0.3) is 0 Å². The number of ketones is 1. The average Bonchev–Trinajstić information content (AvgIpc) is 3.33. The van der Waals surface area contributed by atoms with Gasteiger partial charge in [-0.1, -0.05) is 40.2 Å². The number of amides is 1. The predicted molar refractivity (Wildman–Crippen MR) is 108 cm³/mol. The van der Waals surface area contributed by atoms with Gasteiger partial charge in [0.15, 0.2) is 5.78 Å². The number of Topliss-reactive ketones (excluding diaryl/α,β-unsaturated/α-hetero) is 1. The van der Waals surface area contributed by atoms with Crippen LogP contribution in [0.3, 0.4) is 0 Å². The van der Waals surface area contributed by atoms with Crippen LogP contribution in [0.1, 0.15) is 29.6 Å². The summed E-state index contributed by atoms with van der Waals surface area (Å²) in [5.74, 6) is 0.177. The molecule has 1 unspecified atom stereocenters. The van der Waals surface area contributed by atoms with Gasteiger partial charge in [0, 0.05) is 39.6 Å². The molecule has 1 N–H and O–H groups in total. The summed E-state index contributed by atoms with van der Waals surface area (Å²) in [7, 11) is 0. The minimum atomic E-state index is -0.461. The van der Waals surface area contributed by atoms with Gasteiger partial charge in [-0.05, 0) is 37.5 Å². The largest absolute Gasteiger partial charge is 0.449 e. The third-order valence-corrected chi connectivity index (χ3v) is 5.68. The van der Waals surface area contributed by atoms with Crippen LogP contribution in [0.5, 0.6) is 0 Å². The lowest BCUT2D eigenvalue weighted by Crippen LogP contribution is -2.41. The number of nitrogens with one attached hydrogen (secondary N) is 1. The Morgan fingerprint density at radius 1 is 1.30 bits per heavy atom. The second-order valence-electron chi connectivity index (χ2n) is 6.99. The number of ether oxygens (including phenoxy) is 1. The molecule has 1 saturated heterocycles. The van der Waals surface area contributed by atoms with E-state index in [0.717, 1.165) is 28.2 Å². The first-order chi connectivity index (χ1) is 13.1. The van der Waals surface area contributed by atoms with E-state index < -0.39 is 12.1 Å². The molecule has 2 heterocycles. The zero-order valence-corrected chi connectivity index (χ0v) is 16.4. The predicted octanol–water partition coefficient (Wildman–Crippen LogP) is 4.85. The summed E-state index contributed by atoms with van der Waals surface area (Å²) in [6.07, 6.45) is 11.8. The fourth-order valence-corrected chi connectivity index (χ4v) is 4.11. The van der Waals surface area contributed by atoms with Crippen molar-refractivity contribution in [2.45, 2.75) is 25.3 Å². The van der Waals surface area contributed by atoms with Gasteiger partial charge >= 0.3 is 6.09 Å². The second-order valence-corrected chi connectivity index (χ2v) is 7.91. The summed E-state index contributed by atoms with van der Waals surface area (Å²) in [6.45, 7) is 0.902. The lowest BCUT2D eigenvalue weighted by Gasteiger charge is -2.24. The Balaban J connectivity index is 1.47.